The van der Waals surface area contributed by atoms with Crippen LogP contribution in [-0.4, -0.2) is 35.0 Å². The van der Waals surface area contributed by atoms with E-state index in [4.69, 9.17) is 0 Å². The number of amides is 3. The zero-order chi connectivity index (χ0) is 20.4. The predicted molar refractivity (Wildman–Crippen MR) is 110 cm³/mol. The summed E-state index contributed by atoms with van der Waals surface area (Å²) >= 11 is 0. The third kappa shape index (κ3) is 4.11. The summed E-state index contributed by atoms with van der Waals surface area (Å²) in [6, 6.07) is 13.7. The van der Waals surface area contributed by atoms with Gasteiger partial charge >= 0.3 is 6.03 Å². The van der Waals surface area contributed by atoms with Gasteiger partial charge in [-0.05, 0) is 68.0 Å². The fourth-order valence-corrected chi connectivity index (χ4v) is 4.63. The molecule has 2 aliphatic rings. The van der Waals surface area contributed by atoms with Crippen molar-refractivity contribution in [2.75, 3.05) is 5.32 Å². The van der Waals surface area contributed by atoms with E-state index in [-0.39, 0.29) is 35.9 Å². The fourth-order valence-electron chi connectivity index (χ4n) is 4.63. The van der Waals surface area contributed by atoms with Crippen molar-refractivity contribution in [3.8, 4) is 0 Å². The summed E-state index contributed by atoms with van der Waals surface area (Å²) in [7, 11) is 0. The number of carbonyl (C=O) groups is 2. The number of nitrogens with zero attached hydrogens (tertiary/aromatic N) is 1. The topological polar surface area (TPSA) is 61.4 Å². The molecule has 152 valence electrons. The second-order valence-corrected chi connectivity index (χ2v) is 7.88. The number of fused-ring (bicyclic) bond motifs is 2. The Hall–Kier alpha value is -2.89. The number of piperidine rings is 1. The number of rotatable bonds is 4. The van der Waals surface area contributed by atoms with Crippen LogP contribution in [0.3, 0.4) is 0 Å². The van der Waals surface area contributed by atoms with Crippen LogP contribution < -0.4 is 10.6 Å². The summed E-state index contributed by atoms with van der Waals surface area (Å²) < 4.78 is 13.1. The number of carbonyl (C=O) groups excluding carboxylic acids is 2. The molecule has 1 unspecified atom stereocenters. The van der Waals surface area contributed by atoms with Crippen molar-refractivity contribution in [1.82, 2.24) is 10.2 Å². The largest absolute Gasteiger partial charge is 0.349 e. The van der Waals surface area contributed by atoms with E-state index in [0.29, 0.717) is 5.56 Å². The number of benzene rings is 2. The summed E-state index contributed by atoms with van der Waals surface area (Å²) in [5, 5.41) is 6.15. The Balaban J connectivity index is 1.39. The summed E-state index contributed by atoms with van der Waals surface area (Å²) in [5.41, 5.74) is 2.44. The minimum atomic E-state index is -0.358. The highest BCUT2D eigenvalue weighted by molar-refractivity contribution is 5.94. The van der Waals surface area contributed by atoms with E-state index < -0.39 is 0 Å². The van der Waals surface area contributed by atoms with E-state index in [1.165, 1.54) is 24.3 Å². The molecule has 0 radical (unpaired) electrons. The lowest BCUT2D eigenvalue weighted by Crippen LogP contribution is -2.53. The minimum absolute atomic E-state index is 0.0250. The molecule has 2 aromatic carbocycles. The van der Waals surface area contributed by atoms with E-state index >= 15 is 0 Å². The molecule has 2 saturated heterocycles. The maximum atomic E-state index is 13.1. The van der Waals surface area contributed by atoms with E-state index in [1.54, 1.807) is 0 Å². The van der Waals surface area contributed by atoms with Crippen molar-refractivity contribution in [3.63, 3.8) is 0 Å². The van der Waals surface area contributed by atoms with Gasteiger partial charge in [-0.3, -0.25) is 4.79 Å². The number of para-hydroxylation sites is 1. The summed E-state index contributed by atoms with van der Waals surface area (Å²) in [6.45, 7) is 2.07. The highest BCUT2D eigenvalue weighted by atomic mass is 19.1. The molecule has 3 atom stereocenters. The normalized spacial score (nSPS) is 23.0. The first kappa shape index (κ1) is 19.4. The number of hydrogen-bond acceptors (Lipinski definition) is 2. The van der Waals surface area contributed by atoms with Gasteiger partial charge in [0, 0.05) is 29.4 Å². The van der Waals surface area contributed by atoms with Gasteiger partial charge in [-0.15, -0.1) is 0 Å². The molecule has 2 aliphatic heterocycles. The van der Waals surface area contributed by atoms with E-state index in [1.807, 2.05) is 29.2 Å². The Kier molecular flexibility index (Phi) is 5.51. The smallest absolute Gasteiger partial charge is 0.322 e. The number of nitrogens with one attached hydrogen (secondary N) is 2. The average molecular weight is 395 g/mol. The molecule has 0 aliphatic carbocycles. The van der Waals surface area contributed by atoms with Crippen molar-refractivity contribution < 1.29 is 14.0 Å². The molecule has 2 aromatic rings. The molecular formula is C23H26FN3O2. The summed E-state index contributed by atoms with van der Waals surface area (Å²) in [6.07, 6.45) is 4.26. The standard InChI is InChI=1S/C23H26FN3O2/c1-2-15-5-3-4-6-21(15)26-23(29)27-19-11-12-20(27)14-18(13-19)25-22(28)16-7-9-17(24)10-8-16/h3-10,18-20H,2,11-14H2,1H3,(H,25,28)(H,26,29)/t18?,19-,20+. The lowest BCUT2D eigenvalue weighted by Gasteiger charge is -2.39. The van der Waals surface area contributed by atoms with Crippen molar-refractivity contribution in [3.05, 3.63) is 65.5 Å². The van der Waals surface area contributed by atoms with Crippen molar-refractivity contribution in [2.45, 2.75) is 57.2 Å². The van der Waals surface area contributed by atoms with Gasteiger partial charge in [0.2, 0.25) is 0 Å². The van der Waals surface area contributed by atoms with Gasteiger partial charge in [0.15, 0.2) is 0 Å². The molecule has 2 N–H and O–H groups in total. The van der Waals surface area contributed by atoms with Crippen molar-refractivity contribution in [2.24, 2.45) is 0 Å². The zero-order valence-corrected chi connectivity index (χ0v) is 16.5. The van der Waals surface area contributed by atoms with Crippen molar-refractivity contribution in [1.29, 1.82) is 0 Å². The molecular weight excluding hydrogens is 369 g/mol. The first-order chi connectivity index (χ1) is 14.0. The molecule has 0 spiro atoms. The Morgan fingerprint density at radius 1 is 1.03 bits per heavy atom. The quantitative estimate of drug-likeness (QED) is 0.809. The van der Waals surface area contributed by atoms with E-state index in [0.717, 1.165) is 43.4 Å². The molecule has 5 nitrogen and oxygen atoms in total. The van der Waals surface area contributed by atoms with Gasteiger partial charge in [0.1, 0.15) is 5.82 Å². The fraction of sp³-hybridized carbons (Fsp3) is 0.391. The molecule has 3 amide bonds. The number of hydrogen-bond donors (Lipinski definition) is 2. The third-order valence-corrected chi connectivity index (χ3v) is 6.05. The van der Waals surface area contributed by atoms with E-state index in [9.17, 15) is 14.0 Å². The summed E-state index contributed by atoms with van der Waals surface area (Å²) in [5.74, 6) is -0.548. The SMILES string of the molecule is CCc1ccccc1NC(=O)N1[C@@H]2CC[C@H]1CC(NC(=O)c1ccc(F)cc1)C2. The second kappa shape index (κ2) is 8.23. The first-order valence-corrected chi connectivity index (χ1v) is 10.3. The lowest BCUT2D eigenvalue weighted by molar-refractivity contribution is 0.0891. The average Bonchev–Trinajstić information content (AvgIpc) is 2.99. The van der Waals surface area contributed by atoms with E-state index in [2.05, 4.69) is 17.6 Å². The molecule has 2 heterocycles. The van der Waals surface area contributed by atoms with Crippen LogP contribution in [-0.2, 0) is 6.42 Å². The van der Waals surface area contributed by atoms with Gasteiger partial charge < -0.3 is 15.5 Å². The van der Waals surface area contributed by atoms with Crippen LogP contribution in [0.25, 0.3) is 0 Å². The highest BCUT2D eigenvalue weighted by Gasteiger charge is 2.43. The van der Waals surface area contributed by atoms with Gasteiger partial charge in [0.25, 0.3) is 5.91 Å². The Morgan fingerprint density at radius 3 is 2.34 bits per heavy atom. The number of urea groups is 1. The van der Waals surface area contributed by atoms with Crippen LogP contribution in [0.5, 0.6) is 0 Å². The molecule has 0 aromatic heterocycles. The Labute approximate surface area is 170 Å². The monoisotopic (exact) mass is 395 g/mol. The van der Waals surface area contributed by atoms with Gasteiger partial charge in [-0.1, -0.05) is 25.1 Å². The number of aryl methyl sites for hydroxylation is 1. The molecule has 0 saturated carbocycles. The molecule has 2 fully saturated rings. The van der Waals surface area contributed by atoms with Crippen LogP contribution >= 0.6 is 0 Å². The van der Waals surface area contributed by atoms with Crippen LogP contribution in [0.15, 0.2) is 48.5 Å². The summed E-state index contributed by atoms with van der Waals surface area (Å²) in [4.78, 5) is 27.4. The zero-order valence-electron chi connectivity index (χ0n) is 16.5. The number of anilines is 1. The maximum Gasteiger partial charge on any atom is 0.322 e. The maximum absolute atomic E-state index is 13.1. The van der Waals surface area contributed by atoms with Crippen LogP contribution in [0.4, 0.5) is 14.9 Å². The first-order valence-electron chi connectivity index (χ1n) is 10.3. The van der Waals surface area contributed by atoms with Crippen LogP contribution in [0.2, 0.25) is 0 Å². The van der Waals surface area contributed by atoms with Crippen LogP contribution in [0, 0.1) is 5.82 Å². The lowest BCUT2D eigenvalue weighted by atomic mass is 9.97. The molecule has 29 heavy (non-hydrogen) atoms. The van der Waals surface area contributed by atoms with Crippen LogP contribution in [0.1, 0.15) is 48.5 Å². The van der Waals surface area contributed by atoms with Gasteiger partial charge in [-0.25, -0.2) is 9.18 Å². The van der Waals surface area contributed by atoms with Gasteiger partial charge in [0.05, 0.1) is 0 Å². The molecule has 6 heteroatoms. The van der Waals surface area contributed by atoms with Gasteiger partial charge in [-0.2, -0.15) is 0 Å². The molecule has 4 rings (SSSR count). The number of halogens is 1. The third-order valence-electron chi connectivity index (χ3n) is 6.05. The highest BCUT2D eigenvalue weighted by Crippen LogP contribution is 2.36. The molecule has 2 bridgehead atoms. The minimum Gasteiger partial charge on any atom is -0.349 e. The predicted octanol–water partition coefficient (Wildman–Crippen LogP) is 4.35. The van der Waals surface area contributed by atoms with Crippen molar-refractivity contribution >= 4 is 17.6 Å². The Bertz CT molecular complexity index is 885. The second-order valence-electron chi connectivity index (χ2n) is 7.88. The Morgan fingerprint density at radius 2 is 1.69 bits per heavy atom.